The third-order valence-electron chi connectivity index (χ3n) is 6.73. The van der Waals surface area contributed by atoms with Gasteiger partial charge in [0.15, 0.2) is 0 Å². The van der Waals surface area contributed by atoms with Crippen molar-refractivity contribution < 1.29 is 18.7 Å². The number of nitrogens with one attached hydrogen (secondary N) is 1. The van der Waals surface area contributed by atoms with Gasteiger partial charge in [-0.15, -0.1) is 0 Å². The zero-order valence-corrected chi connectivity index (χ0v) is 19.0. The molecule has 1 aliphatic carbocycles. The molecule has 1 fully saturated rings. The van der Waals surface area contributed by atoms with Crippen LogP contribution >= 0.6 is 0 Å². The van der Waals surface area contributed by atoms with Gasteiger partial charge in [-0.05, 0) is 99.3 Å². The molecule has 4 rings (SSSR count). The van der Waals surface area contributed by atoms with Crippen LogP contribution in [0.25, 0.3) is 0 Å². The average Bonchev–Trinajstić information content (AvgIpc) is 3.11. The van der Waals surface area contributed by atoms with Gasteiger partial charge >= 0.3 is 5.97 Å². The Kier molecular flexibility index (Phi) is 7.93. The average molecular weight is 458 g/mol. The molecule has 0 spiro atoms. The molecule has 1 atom stereocenters. The minimum absolute atomic E-state index is 0.104. The number of likely N-dealkylation sites (tertiary alicyclic amines) is 1. The lowest BCUT2D eigenvalue weighted by Crippen LogP contribution is -2.43. The predicted octanol–water partition coefficient (Wildman–Crippen LogP) is 4.78. The van der Waals surface area contributed by atoms with E-state index in [1.807, 2.05) is 18.2 Å². The summed E-state index contributed by atoms with van der Waals surface area (Å²) in [6.07, 6.45) is 8.76. The van der Waals surface area contributed by atoms with Crippen molar-refractivity contribution in [3.63, 3.8) is 0 Å². The molecular formula is C26H33F2N3O2. The molecule has 7 heteroatoms. The van der Waals surface area contributed by atoms with Gasteiger partial charge in [0.1, 0.15) is 11.6 Å². The van der Waals surface area contributed by atoms with E-state index in [0.717, 1.165) is 81.8 Å². The summed E-state index contributed by atoms with van der Waals surface area (Å²) in [5.41, 5.74) is 4.41. The number of carboxylic acids is 1. The van der Waals surface area contributed by atoms with E-state index in [1.165, 1.54) is 17.7 Å². The third kappa shape index (κ3) is 5.89. The quantitative estimate of drug-likeness (QED) is 0.469. The van der Waals surface area contributed by atoms with Gasteiger partial charge in [-0.1, -0.05) is 0 Å². The van der Waals surface area contributed by atoms with E-state index in [1.54, 1.807) is 6.08 Å². The molecule has 0 amide bonds. The van der Waals surface area contributed by atoms with E-state index in [2.05, 4.69) is 15.1 Å². The van der Waals surface area contributed by atoms with Gasteiger partial charge in [0, 0.05) is 37.3 Å². The Bertz CT molecular complexity index is 939. The Morgan fingerprint density at radius 2 is 1.82 bits per heavy atom. The summed E-state index contributed by atoms with van der Waals surface area (Å²) >= 11 is 0. The molecule has 2 aliphatic heterocycles. The number of unbranched alkanes of at least 4 members (excludes halogenated alkanes) is 2. The van der Waals surface area contributed by atoms with Crippen molar-refractivity contribution in [1.29, 1.82) is 0 Å². The van der Waals surface area contributed by atoms with Crippen molar-refractivity contribution in [3.05, 3.63) is 64.9 Å². The van der Waals surface area contributed by atoms with Crippen molar-refractivity contribution in [2.45, 2.75) is 51.0 Å². The van der Waals surface area contributed by atoms with Crippen molar-refractivity contribution in [1.82, 2.24) is 10.2 Å². The number of hydrogen-bond donors (Lipinski definition) is 2. The van der Waals surface area contributed by atoms with E-state index >= 15 is 0 Å². The number of piperidine rings is 1. The monoisotopic (exact) mass is 457 g/mol. The summed E-state index contributed by atoms with van der Waals surface area (Å²) in [5, 5.41) is 12.1. The molecule has 0 saturated carbocycles. The Balaban J connectivity index is 1.29. The molecule has 0 bridgehead atoms. The van der Waals surface area contributed by atoms with Gasteiger partial charge in [-0.3, -0.25) is 9.69 Å². The number of anilines is 1. The summed E-state index contributed by atoms with van der Waals surface area (Å²) in [5.74, 6) is -1.08. The second-order valence-corrected chi connectivity index (χ2v) is 9.08. The first kappa shape index (κ1) is 23.6. The molecule has 1 saturated heterocycles. The molecule has 1 aromatic carbocycles. The Hall–Kier alpha value is -2.51. The first-order valence-electron chi connectivity index (χ1n) is 12.0. The van der Waals surface area contributed by atoms with E-state index in [9.17, 15) is 13.6 Å². The molecule has 0 radical (unpaired) electrons. The van der Waals surface area contributed by atoms with Crippen molar-refractivity contribution in [2.24, 2.45) is 0 Å². The number of rotatable bonds is 11. The largest absolute Gasteiger partial charge is 0.481 e. The Labute approximate surface area is 194 Å². The fourth-order valence-corrected chi connectivity index (χ4v) is 5.09. The maximum absolute atomic E-state index is 14.2. The van der Waals surface area contributed by atoms with Gasteiger partial charge in [-0.2, -0.15) is 0 Å². The maximum Gasteiger partial charge on any atom is 0.303 e. The van der Waals surface area contributed by atoms with Gasteiger partial charge < -0.3 is 15.3 Å². The fourth-order valence-electron chi connectivity index (χ4n) is 5.09. The van der Waals surface area contributed by atoms with E-state index in [-0.39, 0.29) is 24.1 Å². The summed E-state index contributed by atoms with van der Waals surface area (Å²) in [6, 6.07) is 6.81. The van der Waals surface area contributed by atoms with Crippen LogP contribution in [0.4, 0.5) is 14.5 Å². The number of carboxylic acid groups (broad SMARTS) is 1. The van der Waals surface area contributed by atoms with Crippen molar-refractivity contribution >= 4 is 11.7 Å². The van der Waals surface area contributed by atoms with Crippen LogP contribution in [0.3, 0.4) is 0 Å². The normalized spacial score (nSPS) is 20.4. The number of benzene rings is 1. The number of carbonyl (C=O) groups is 1. The number of fused-ring (bicyclic) bond motifs is 2. The van der Waals surface area contributed by atoms with E-state index in [0.29, 0.717) is 6.42 Å². The van der Waals surface area contributed by atoms with Crippen LogP contribution < -0.4 is 10.2 Å². The molecule has 1 unspecified atom stereocenters. The first-order chi connectivity index (χ1) is 16.0. The summed E-state index contributed by atoms with van der Waals surface area (Å²) in [4.78, 5) is 15.2. The summed E-state index contributed by atoms with van der Waals surface area (Å²) in [7, 11) is 0. The highest BCUT2D eigenvalue weighted by Gasteiger charge is 2.40. The number of halogens is 2. The van der Waals surface area contributed by atoms with Crippen molar-refractivity contribution in [2.75, 3.05) is 37.6 Å². The van der Waals surface area contributed by atoms with Gasteiger partial charge in [-0.25, -0.2) is 8.78 Å². The zero-order chi connectivity index (χ0) is 23.2. The number of aliphatic carboxylic acids is 1. The van der Waals surface area contributed by atoms with Crippen LogP contribution in [-0.2, 0) is 4.79 Å². The fraction of sp³-hybridized carbons (Fsp3) is 0.500. The molecule has 0 aromatic heterocycles. The smallest absolute Gasteiger partial charge is 0.303 e. The SMILES string of the molecule is O=C(O)CCCCNCCCCN1CCC2C(=C3CC(F)=CC=C3N2c2ccc(F)cc2)C1. The molecule has 1 aromatic rings. The van der Waals surface area contributed by atoms with Gasteiger partial charge in [0.2, 0.25) is 0 Å². The van der Waals surface area contributed by atoms with E-state index in [4.69, 9.17) is 5.11 Å². The lowest BCUT2D eigenvalue weighted by molar-refractivity contribution is -0.137. The molecular weight excluding hydrogens is 424 g/mol. The minimum Gasteiger partial charge on any atom is -0.481 e. The molecule has 3 aliphatic rings. The molecule has 2 heterocycles. The first-order valence-corrected chi connectivity index (χ1v) is 12.0. The third-order valence-corrected chi connectivity index (χ3v) is 6.73. The second kappa shape index (κ2) is 11.1. The standard InChI is InChI=1S/C26H33F2N3O2/c27-19-6-9-21(10-7-19)31-24-11-8-20(28)17-22(24)23-18-30(16-12-25(23)31)15-4-3-14-29-13-2-1-5-26(32)33/h6-11,25,29H,1-5,12-18H2,(H,32,33). The zero-order valence-electron chi connectivity index (χ0n) is 19.0. The van der Waals surface area contributed by atoms with E-state index < -0.39 is 5.97 Å². The topological polar surface area (TPSA) is 55.8 Å². The number of hydrogen-bond acceptors (Lipinski definition) is 4. The van der Waals surface area contributed by atoms with Crippen LogP contribution in [0.2, 0.25) is 0 Å². The molecule has 2 N–H and O–H groups in total. The Morgan fingerprint density at radius 1 is 1.06 bits per heavy atom. The second-order valence-electron chi connectivity index (χ2n) is 9.08. The van der Waals surface area contributed by atoms with Gasteiger partial charge in [0.25, 0.3) is 0 Å². The summed E-state index contributed by atoms with van der Waals surface area (Å²) < 4.78 is 27.6. The van der Waals surface area contributed by atoms with Crippen LogP contribution in [-0.4, -0.2) is 54.7 Å². The van der Waals surface area contributed by atoms with Crippen LogP contribution in [0, 0.1) is 5.82 Å². The molecule has 5 nitrogen and oxygen atoms in total. The van der Waals surface area contributed by atoms with Crippen LogP contribution in [0.15, 0.2) is 59.1 Å². The number of nitrogens with zero attached hydrogens (tertiary/aromatic N) is 2. The lowest BCUT2D eigenvalue weighted by Gasteiger charge is -2.37. The highest BCUT2D eigenvalue weighted by molar-refractivity contribution is 5.68. The van der Waals surface area contributed by atoms with Crippen molar-refractivity contribution in [3.8, 4) is 0 Å². The molecule has 178 valence electrons. The molecule has 33 heavy (non-hydrogen) atoms. The van der Waals surface area contributed by atoms with Crippen LogP contribution in [0.1, 0.15) is 44.9 Å². The lowest BCUT2D eigenvalue weighted by atomic mass is 9.94. The minimum atomic E-state index is -0.729. The number of allylic oxidation sites excluding steroid dienone is 4. The highest BCUT2D eigenvalue weighted by Crippen LogP contribution is 2.45. The van der Waals surface area contributed by atoms with Gasteiger partial charge in [0.05, 0.1) is 6.04 Å². The Morgan fingerprint density at radius 3 is 2.58 bits per heavy atom. The maximum atomic E-state index is 14.2. The predicted molar refractivity (Wildman–Crippen MR) is 126 cm³/mol. The summed E-state index contributed by atoms with van der Waals surface area (Å²) in [6.45, 7) is 4.66. The van der Waals surface area contributed by atoms with Crippen LogP contribution in [0.5, 0.6) is 0 Å². The highest BCUT2D eigenvalue weighted by atomic mass is 19.1.